The second-order valence-electron chi connectivity index (χ2n) is 4.61. The van der Waals surface area contributed by atoms with Gasteiger partial charge in [0, 0.05) is 11.6 Å². The molecule has 2 aromatic rings. The number of aliphatic carboxylic acids is 1. The molecule has 0 spiro atoms. The smallest absolute Gasteiger partial charge is 0.320 e. The van der Waals surface area contributed by atoms with Gasteiger partial charge in [-0.05, 0) is 38.2 Å². The van der Waals surface area contributed by atoms with Gasteiger partial charge in [0.05, 0.1) is 6.54 Å². The maximum absolute atomic E-state index is 12.8. The SMILES string of the molecule is CC(C(=O)O)N(C)Cc1cc(-c2ccc(F)cc2)no1. The number of hydrogen-bond donors (Lipinski definition) is 1. The van der Waals surface area contributed by atoms with Gasteiger partial charge in [0.1, 0.15) is 17.6 Å². The molecule has 0 aliphatic carbocycles. The molecule has 0 saturated heterocycles. The van der Waals surface area contributed by atoms with Crippen LogP contribution in [0.2, 0.25) is 0 Å². The molecular weight excluding hydrogens is 263 g/mol. The number of halogens is 1. The third kappa shape index (κ3) is 3.21. The average Bonchev–Trinajstić information content (AvgIpc) is 2.87. The van der Waals surface area contributed by atoms with Crippen molar-refractivity contribution in [3.8, 4) is 11.3 Å². The molecule has 1 heterocycles. The topological polar surface area (TPSA) is 66.6 Å². The zero-order valence-corrected chi connectivity index (χ0v) is 11.2. The van der Waals surface area contributed by atoms with E-state index in [1.165, 1.54) is 12.1 Å². The van der Waals surface area contributed by atoms with Crippen molar-refractivity contribution in [3.05, 3.63) is 41.9 Å². The number of nitrogens with zero attached hydrogens (tertiary/aromatic N) is 2. The van der Waals surface area contributed by atoms with Crippen LogP contribution in [0.15, 0.2) is 34.9 Å². The lowest BCUT2D eigenvalue weighted by atomic mass is 10.1. The van der Waals surface area contributed by atoms with Crippen molar-refractivity contribution >= 4 is 5.97 Å². The Labute approximate surface area is 115 Å². The molecule has 20 heavy (non-hydrogen) atoms. The fraction of sp³-hybridized carbons (Fsp3) is 0.286. The number of carbonyl (C=O) groups is 1. The number of likely N-dealkylation sites (N-methyl/N-ethyl adjacent to an activating group) is 1. The maximum atomic E-state index is 12.8. The number of hydrogen-bond acceptors (Lipinski definition) is 4. The Hall–Kier alpha value is -2.21. The number of aromatic nitrogens is 1. The highest BCUT2D eigenvalue weighted by molar-refractivity contribution is 5.72. The van der Waals surface area contributed by atoms with E-state index in [1.807, 2.05) is 0 Å². The van der Waals surface area contributed by atoms with Crippen LogP contribution in [0.5, 0.6) is 0 Å². The first-order chi connectivity index (χ1) is 9.47. The Kier molecular flexibility index (Phi) is 4.14. The predicted molar refractivity (Wildman–Crippen MR) is 70.5 cm³/mol. The van der Waals surface area contributed by atoms with Gasteiger partial charge in [0.15, 0.2) is 5.76 Å². The van der Waals surface area contributed by atoms with Gasteiger partial charge in [-0.3, -0.25) is 9.69 Å². The lowest BCUT2D eigenvalue weighted by molar-refractivity contribution is -0.142. The number of benzene rings is 1. The highest BCUT2D eigenvalue weighted by Crippen LogP contribution is 2.20. The Morgan fingerprint density at radius 2 is 2.10 bits per heavy atom. The largest absolute Gasteiger partial charge is 0.480 e. The number of carboxylic acids is 1. The average molecular weight is 278 g/mol. The molecule has 0 fully saturated rings. The fourth-order valence-electron chi connectivity index (χ4n) is 1.72. The molecule has 0 radical (unpaired) electrons. The van der Waals surface area contributed by atoms with Gasteiger partial charge in [-0.1, -0.05) is 5.16 Å². The molecule has 5 nitrogen and oxygen atoms in total. The van der Waals surface area contributed by atoms with E-state index in [4.69, 9.17) is 9.63 Å². The molecule has 1 aromatic carbocycles. The molecule has 106 valence electrons. The van der Waals surface area contributed by atoms with Crippen molar-refractivity contribution in [3.63, 3.8) is 0 Å². The van der Waals surface area contributed by atoms with Crippen molar-refractivity contribution in [1.82, 2.24) is 10.1 Å². The van der Waals surface area contributed by atoms with Crippen molar-refractivity contribution in [2.24, 2.45) is 0 Å². The summed E-state index contributed by atoms with van der Waals surface area (Å²) >= 11 is 0. The van der Waals surface area contributed by atoms with Gasteiger partial charge in [0.2, 0.25) is 0 Å². The third-order valence-corrected chi connectivity index (χ3v) is 3.12. The van der Waals surface area contributed by atoms with Crippen molar-refractivity contribution in [2.45, 2.75) is 19.5 Å². The molecular formula is C14H15FN2O3. The standard InChI is InChI=1S/C14H15FN2O3/c1-9(14(18)19)17(2)8-12-7-13(16-20-12)10-3-5-11(15)6-4-10/h3-7,9H,8H2,1-2H3,(H,18,19). The molecule has 0 aliphatic rings. The van der Waals surface area contributed by atoms with Crippen LogP contribution >= 0.6 is 0 Å². The van der Waals surface area contributed by atoms with Crippen molar-refractivity contribution in [1.29, 1.82) is 0 Å². The summed E-state index contributed by atoms with van der Waals surface area (Å²) in [5.74, 6) is -0.654. The van der Waals surface area contributed by atoms with Crippen molar-refractivity contribution < 1.29 is 18.8 Å². The van der Waals surface area contributed by atoms with Gasteiger partial charge in [-0.2, -0.15) is 0 Å². The summed E-state index contributed by atoms with van der Waals surface area (Å²) in [5, 5.41) is 12.8. The maximum Gasteiger partial charge on any atom is 0.320 e. The fourth-order valence-corrected chi connectivity index (χ4v) is 1.72. The van der Waals surface area contributed by atoms with Crippen LogP contribution in [0, 0.1) is 5.82 Å². The first kappa shape index (κ1) is 14.2. The highest BCUT2D eigenvalue weighted by Gasteiger charge is 2.18. The third-order valence-electron chi connectivity index (χ3n) is 3.12. The van der Waals surface area contributed by atoms with Crippen LogP contribution in [0.3, 0.4) is 0 Å². The molecule has 1 aromatic heterocycles. The lowest BCUT2D eigenvalue weighted by Gasteiger charge is -2.18. The van der Waals surface area contributed by atoms with Gasteiger partial charge in [0.25, 0.3) is 0 Å². The normalized spacial score (nSPS) is 12.6. The van der Waals surface area contributed by atoms with Crippen LogP contribution in [0.25, 0.3) is 11.3 Å². The van der Waals surface area contributed by atoms with Crippen LogP contribution < -0.4 is 0 Å². The molecule has 0 saturated carbocycles. The minimum absolute atomic E-state index is 0.313. The zero-order chi connectivity index (χ0) is 14.7. The summed E-state index contributed by atoms with van der Waals surface area (Å²) < 4.78 is 18.0. The van der Waals surface area contributed by atoms with Crippen LogP contribution in [0.1, 0.15) is 12.7 Å². The van der Waals surface area contributed by atoms with E-state index >= 15 is 0 Å². The summed E-state index contributed by atoms with van der Waals surface area (Å²) in [4.78, 5) is 12.5. The van der Waals surface area contributed by atoms with E-state index in [1.54, 1.807) is 37.1 Å². The Morgan fingerprint density at radius 1 is 1.45 bits per heavy atom. The molecule has 1 atom stereocenters. The van der Waals surface area contributed by atoms with E-state index in [-0.39, 0.29) is 5.82 Å². The molecule has 0 amide bonds. The summed E-state index contributed by atoms with van der Waals surface area (Å²) in [5.41, 5.74) is 1.34. The van der Waals surface area contributed by atoms with Crippen LogP contribution in [0.4, 0.5) is 4.39 Å². The van der Waals surface area contributed by atoms with Gasteiger partial charge < -0.3 is 9.63 Å². The highest BCUT2D eigenvalue weighted by atomic mass is 19.1. The second kappa shape index (κ2) is 5.83. The van der Waals surface area contributed by atoms with Gasteiger partial charge in [-0.25, -0.2) is 4.39 Å². The Bertz CT molecular complexity index is 595. The Balaban J connectivity index is 2.09. The molecule has 2 rings (SSSR count). The summed E-state index contributed by atoms with van der Waals surface area (Å²) in [6, 6.07) is 7.03. The summed E-state index contributed by atoms with van der Waals surface area (Å²) in [6.45, 7) is 1.93. The van der Waals surface area contributed by atoms with E-state index in [9.17, 15) is 9.18 Å². The zero-order valence-electron chi connectivity index (χ0n) is 11.2. The predicted octanol–water partition coefficient (Wildman–Crippen LogP) is 2.39. The number of rotatable bonds is 5. The minimum atomic E-state index is -0.897. The minimum Gasteiger partial charge on any atom is -0.480 e. The summed E-state index contributed by atoms with van der Waals surface area (Å²) in [7, 11) is 1.69. The molecule has 1 N–H and O–H groups in total. The van der Waals surface area contributed by atoms with Crippen LogP contribution in [-0.2, 0) is 11.3 Å². The monoisotopic (exact) mass is 278 g/mol. The second-order valence-corrected chi connectivity index (χ2v) is 4.61. The summed E-state index contributed by atoms with van der Waals surface area (Å²) in [6.07, 6.45) is 0. The molecule has 0 aliphatic heterocycles. The lowest BCUT2D eigenvalue weighted by Crippen LogP contribution is -2.35. The molecule has 6 heteroatoms. The Morgan fingerprint density at radius 3 is 2.70 bits per heavy atom. The number of carboxylic acid groups (broad SMARTS) is 1. The molecule has 1 unspecified atom stereocenters. The quantitative estimate of drug-likeness (QED) is 0.909. The van der Waals surface area contributed by atoms with Gasteiger partial charge in [-0.15, -0.1) is 0 Å². The van der Waals surface area contributed by atoms with Gasteiger partial charge >= 0.3 is 5.97 Å². The van der Waals surface area contributed by atoms with E-state index in [2.05, 4.69) is 5.16 Å². The van der Waals surface area contributed by atoms with Crippen LogP contribution in [-0.4, -0.2) is 34.2 Å². The first-order valence-electron chi connectivity index (χ1n) is 6.12. The molecule has 0 bridgehead atoms. The van der Waals surface area contributed by atoms with E-state index in [0.29, 0.717) is 18.0 Å². The first-order valence-corrected chi connectivity index (χ1v) is 6.12. The van der Waals surface area contributed by atoms with E-state index in [0.717, 1.165) is 5.56 Å². The van der Waals surface area contributed by atoms with E-state index < -0.39 is 12.0 Å². The van der Waals surface area contributed by atoms with Crippen molar-refractivity contribution in [2.75, 3.05) is 7.05 Å².